The molecule has 0 spiro atoms. The van der Waals surface area contributed by atoms with Crippen LogP contribution in [0, 0.1) is 0 Å². The number of aliphatic hydroxyl groups is 2. The third kappa shape index (κ3) is 6.81. The Morgan fingerprint density at radius 2 is 1.12 bits per heavy atom. The Balaban J connectivity index is 5.30. The summed E-state index contributed by atoms with van der Waals surface area (Å²) in [6, 6.07) is 0. The summed E-state index contributed by atoms with van der Waals surface area (Å²) in [5, 5.41) is 19.6. The van der Waals surface area contributed by atoms with Gasteiger partial charge in [-0.25, -0.2) is 0 Å². The molecule has 13 nitrogen and oxygen atoms in total. The minimum absolute atomic E-state index is 0.0910. The fourth-order valence-corrected chi connectivity index (χ4v) is 4.26. The molecule has 2 atom stereocenters. The number of hydrogen-bond acceptors (Lipinski definition) is 9. The largest absolute Gasteiger partial charge is 0.704 e. The molecule has 10 N–H and O–H groups in total. The van der Waals surface area contributed by atoms with E-state index in [0.717, 1.165) is 0 Å². The van der Waals surface area contributed by atoms with Crippen LogP contribution in [-0.2, 0) is 22.7 Å². The lowest BCUT2D eigenvalue weighted by Gasteiger charge is -2.24. The molecule has 0 aromatic heterocycles. The first-order valence-corrected chi connectivity index (χ1v) is 10.9. The van der Waals surface area contributed by atoms with Crippen LogP contribution in [0.1, 0.15) is 25.7 Å². The number of nitrogens with two attached hydrogens (primary N) is 2. The highest BCUT2D eigenvalue weighted by atomic mass is 31.2. The van der Waals surface area contributed by atoms with Crippen molar-refractivity contribution in [3.8, 4) is 0 Å². The van der Waals surface area contributed by atoms with Gasteiger partial charge in [-0.1, -0.05) is 9.05 Å². The molecular weight excluding hydrogens is 393 g/mol. The lowest BCUT2D eigenvalue weighted by molar-refractivity contribution is -0.124. The van der Waals surface area contributed by atoms with Crippen LogP contribution in [0.4, 0.5) is 0 Å². The molecule has 0 amide bonds. The van der Waals surface area contributed by atoms with Crippen LogP contribution >= 0.6 is 23.4 Å². The molecule has 0 radical (unpaired) electrons. The standard InChI is InChI=1S/C8H21N2O11P3/c9-5-1-3-7(11,23(14,15)16)20-22(13)21-8(12,4-2-6-10)24(17,18)19/h11-12H,1-6,9-10H2,(H3-,14,15,16,17,18,19)/p+1. The highest BCUT2D eigenvalue weighted by Crippen LogP contribution is 2.60. The molecule has 0 aliphatic carbocycles. The van der Waals surface area contributed by atoms with Gasteiger partial charge in [-0.2, -0.15) is 0 Å². The summed E-state index contributed by atoms with van der Waals surface area (Å²) in [5.74, 6) is 0. The van der Waals surface area contributed by atoms with Gasteiger partial charge in [0, 0.05) is 17.4 Å². The molecule has 0 rings (SSSR count). The maximum atomic E-state index is 11.7. The summed E-state index contributed by atoms with van der Waals surface area (Å²) in [4.78, 5) is 36.4. The molecule has 0 fully saturated rings. The Morgan fingerprint density at radius 1 is 0.833 bits per heavy atom. The molecule has 0 aromatic carbocycles. The SMILES string of the molecule is NCCCC(O)(O[P+](=O)OC(O)(CCCN)P(=O)(O)O)P(=O)(O)O. The molecule has 16 heteroatoms. The zero-order valence-corrected chi connectivity index (χ0v) is 15.1. The molecular formula is C8H22N2O11P3+. The average Bonchev–Trinajstić information content (AvgIpc) is 2.40. The molecule has 0 heterocycles. The third-order valence-electron chi connectivity index (χ3n) is 2.76. The molecule has 0 saturated carbocycles. The second-order valence-corrected chi connectivity index (χ2v) is 9.15. The summed E-state index contributed by atoms with van der Waals surface area (Å²) in [5.41, 5.74) is 3.77. The first-order valence-electron chi connectivity index (χ1n) is 6.54. The smallest absolute Gasteiger partial charge is 0.353 e. The summed E-state index contributed by atoms with van der Waals surface area (Å²) in [6.45, 7) is -0.182. The van der Waals surface area contributed by atoms with Crippen LogP contribution in [0.5, 0.6) is 0 Å². The molecule has 24 heavy (non-hydrogen) atoms. The van der Waals surface area contributed by atoms with E-state index in [1.807, 2.05) is 0 Å². The van der Waals surface area contributed by atoms with Gasteiger partial charge in [0.25, 0.3) is 0 Å². The average molecular weight is 415 g/mol. The molecule has 144 valence electrons. The fourth-order valence-electron chi connectivity index (χ4n) is 1.41. The van der Waals surface area contributed by atoms with Gasteiger partial charge >= 0.3 is 34.5 Å². The van der Waals surface area contributed by atoms with Gasteiger partial charge in [0.2, 0.25) is 0 Å². The van der Waals surface area contributed by atoms with E-state index < -0.39 is 47.3 Å². The second kappa shape index (κ2) is 9.20. The maximum absolute atomic E-state index is 11.7. The summed E-state index contributed by atoms with van der Waals surface area (Å²) in [7, 11) is -14.5. The van der Waals surface area contributed by atoms with Crippen molar-refractivity contribution in [3.63, 3.8) is 0 Å². The maximum Gasteiger partial charge on any atom is 0.704 e. The minimum Gasteiger partial charge on any atom is -0.353 e. The van der Waals surface area contributed by atoms with Crippen LogP contribution in [0.15, 0.2) is 0 Å². The van der Waals surface area contributed by atoms with Crippen LogP contribution in [0.25, 0.3) is 0 Å². The van der Waals surface area contributed by atoms with E-state index in [1.165, 1.54) is 0 Å². The van der Waals surface area contributed by atoms with Gasteiger partial charge < -0.3 is 41.3 Å². The fraction of sp³-hybridized carbons (Fsp3) is 1.00. The van der Waals surface area contributed by atoms with E-state index >= 15 is 0 Å². The zero-order chi connectivity index (χ0) is 19.2. The first kappa shape index (κ1) is 24.2. The van der Waals surface area contributed by atoms with Gasteiger partial charge in [-0.3, -0.25) is 9.13 Å². The Hall–Kier alpha value is 0.160. The Bertz CT molecular complexity index is 477. The van der Waals surface area contributed by atoms with Crippen molar-refractivity contribution < 1.29 is 52.5 Å². The van der Waals surface area contributed by atoms with E-state index in [2.05, 4.69) is 9.05 Å². The Labute approximate surface area is 138 Å². The highest BCUT2D eigenvalue weighted by molar-refractivity contribution is 7.54. The van der Waals surface area contributed by atoms with Crippen LogP contribution < -0.4 is 11.5 Å². The van der Waals surface area contributed by atoms with Crippen molar-refractivity contribution in [2.24, 2.45) is 11.5 Å². The topological polar surface area (TPSA) is 243 Å². The first-order chi connectivity index (χ1) is 10.7. The summed E-state index contributed by atoms with van der Waals surface area (Å²) in [6.07, 6.45) is -1.76. The normalized spacial score (nSPS) is 18.8. The number of rotatable bonds is 12. The minimum atomic E-state index is -5.38. The molecule has 0 bridgehead atoms. The van der Waals surface area contributed by atoms with Gasteiger partial charge in [0.15, 0.2) is 0 Å². The van der Waals surface area contributed by atoms with E-state index in [0.29, 0.717) is 0 Å². The van der Waals surface area contributed by atoms with E-state index in [-0.39, 0.29) is 25.9 Å². The van der Waals surface area contributed by atoms with Crippen LogP contribution in [-0.4, -0.2) is 53.9 Å². The van der Waals surface area contributed by atoms with Gasteiger partial charge in [0.05, 0.1) is 0 Å². The van der Waals surface area contributed by atoms with Gasteiger partial charge in [0.1, 0.15) is 0 Å². The monoisotopic (exact) mass is 415 g/mol. The predicted molar refractivity (Wildman–Crippen MR) is 80.3 cm³/mol. The highest BCUT2D eigenvalue weighted by Gasteiger charge is 2.59. The van der Waals surface area contributed by atoms with E-state index in [4.69, 9.17) is 31.0 Å². The van der Waals surface area contributed by atoms with Crippen molar-refractivity contribution in [2.75, 3.05) is 13.1 Å². The van der Waals surface area contributed by atoms with Crippen molar-refractivity contribution in [2.45, 2.75) is 36.7 Å². The van der Waals surface area contributed by atoms with E-state index in [9.17, 15) is 23.9 Å². The van der Waals surface area contributed by atoms with Crippen LogP contribution in [0.2, 0.25) is 0 Å². The van der Waals surface area contributed by atoms with Crippen molar-refractivity contribution in [1.82, 2.24) is 0 Å². The Kier molecular flexibility index (Phi) is 9.26. The van der Waals surface area contributed by atoms with E-state index in [1.54, 1.807) is 0 Å². The number of hydrogen-bond donors (Lipinski definition) is 8. The quantitative estimate of drug-likeness (QED) is 0.138. The second-order valence-electron chi connectivity index (χ2n) is 4.76. The predicted octanol–water partition coefficient (Wildman–Crippen LogP) is -1.20. The zero-order valence-electron chi connectivity index (χ0n) is 12.5. The van der Waals surface area contributed by atoms with Gasteiger partial charge in [-0.05, 0) is 25.9 Å². The molecule has 0 aliphatic rings. The lowest BCUT2D eigenvalue weighted by Crippen LogP contribution is -2.34. The summed E-state index contributed by atoms with van der Waals surface area (Å²) < 4.78 is 42.8. The third-order valence-corrected chi connectivity index (χ3v) is 6.41. The molecule has 0 aromatic rings. The Morgan fingerprint density at radius 3 is 1.33 bits per heavy atom. The summed E-state index contributed by atoms with van der Waals surface area (Å²) >= 11 is 0. The van der Waals surface area contributed by atoms with Crippen molar-refractivity contribution in [3.05, 3.63) is 0 Å². The van der Waals surface area contributed by atoms with Crippen molar-refractivity contribution in [1.29, 1.82) is 0 Å². The van der Waals surface area contributed by atoms with Crippen LogP contribution in [0.3, 0.4) is 0 Å². The lowest BCUT2D eigenvalue weighted by atomic mass is 10.3. The molecule has 0 saturated heterocycles. The van der Waals surface area contributed by atoms with Crippen molar-refractivity contribution >= 4 is 23.4 Å². The van der Waals surface area contributed by atoms with Gasteiger partial charge in [-0.15, -0.1) is 0 Å². The molecule has 0 aliphatic heterocycles. The molecule has 2 unspecified atom stereocenters.